The van der Waals surface area contributed by atoms with Gasteiger partial charge in [0.25, 0.3) is 0 Å². The predicted molar refractivity (Wildman–Crippen MR) is 106 cm³/mol. The number of para-hydroxylation sites is 1. The molecule has 4 nitrogen and oxygen atoms in total. The van der Waals surface area contributed by atoms with E-state index in [1.165, 1.54) is 5.56 Å². The van der Waals surface area contributed by atoms with E-state index in [-0.39, 0.29) is 24.2 Å². The van der Waals surface area contributed by atoms with Crippen LogP contribution >= 0.6 is 0 Å². The number of carbonyl (C=O) groups is 2. The summed E-state index contributed by atoms with van der Waals surface area (Å²) < 4.78 is 0. The predicted octanol–water partition coefficient (Wildman–Crippen LogP) is 4.42. The number of anilines is 2. The van der Waals surface area contributed by atoms with E-state index >= 15 is 0 Å². The monoisotopic (exact) mass is 350 g/mol. The van der Waals surface area contributed by atoms with Gasteiger partial charge in [0.05, 0.1) is 5.92 Å². The average Bonchev–Trinajstić information content (AvgIpc) is 3.00. The molecule has 0 aromatic heterocycles. The van der Waals surface area contributed by atoms with Crippen molar-refractivity contribution in [3.8, 4) is 0 Å². The number of nitrogens with one attached hydrogen (secondary N) is 1. The van der Waals surface area contributed by atoms with Gasteiger partial charge < -0.3 is 10.2 Å². The quantitative estimate of drug-likeness (QED) is 0.887. The van der Waals surface area contributed by atoms with Gasteiger partial charge in [0.1, 0.15) is 0 Å². The Bertz CT molecular complexity index is 822. The molecular weight excluding hydrogens is 324 g/mol. The van der Waals surface area contributed by atoms with Gasteiger partial charge in [0.15, 0.2) is 0 Å². The first-order chi connectivity index (χ1) is 12.4. The Morgan fingerprint density at radius 2 is 1.77 bits per heavy atom. The van der Waals surface area contributed by atoms with Crippen LogP contribution in [0.2, 0.25) is 0 Å². The van der Waals surface area contributed by atoms with Crippen LogP contribution in [0.1, 0.15) is 42.9 Å². The number of amides is 2. The van der Waals surface area contributed by atoms with E-state index in [0.29, 0.717) is 12.5 Å². The van der Waals surface area contributed by atoms with Crippen molar-refractivity contribution in [2.24, 2.45) is 5.92 Å². The number of rotatable bonds is 4. The van der Waals surface area contributed by atoms with Crippen LogP contribution in [0.5, 0.6) is 0 Å². The molecule has 26 heavy (non-hydrogen) atoms. The van der Waals surface area contributed by atoms with Crippen molar-refractivity contribution in [2.75, 3.05) is 16.8 Å². The second-order valence-electron chi connectivity index (χ2n) is 7.41. The van der Waals surface area contributed by atoms with Crippen molar-refractivity contribution in [3.05, 3.63) is 59.2 Å². The molecule has 0 bridgehead atoms. The Morgan fingerprint density at radius 1 is 1.12 bits per heavy atom. The van der Waals surface area contributed by atoms with Crippen molar-refractivity contribution in [3.63, 3.8) is 0 Å². The van der Waals surface area contributed by atoms with E-state index < -0.39 is 0 Å². The summed E-state index contributed by atoms with van der Waals surface area (Å²) in [4.78, 5) is 27.0. The molecule has 1 unspecified atom stereocenters. The fraction of sp³-hybridized carbons (Fsp3) is 0.364. The summed E-state index contributed by atoms with van der Waals surface area (Å²) in [6, 6.07) is 14.0. The summed E-state index contributed by atoms with van der Waals surface area (Å²) in [7, 11) is 0. The minimum absolute atomic E-state index is 0.00700. The van der Waals surface area contributed by atoms with Gasteiger partial charge in [-0.15, -0.1) is 0 Å². The van der Waals surface area contributed by atoms with Crippen molar-refractivity contribution in [2.45, 2.75) is 40.0 Å². The maximum Gasteiger partial charge on any atom is 0.229 e. The molecule has 1 atom stereocenters. The summed E-state index contributed by atoms with van der Waals surface area (Å²) in [5.74, 6) is -0.00850. The zero-order valence-electron chi connectivity index (χ0n) is 15.9. The highest BCUT2D eigenvalue weighted by Crippen LogP contribution is 2.29. The molecule has 2 aromatic carbocycles. The molecule has 0 spiro atoms. The zero-order chi connectivity index (χ0) is 18.8. The molecule has 4 heteroatoms. The van der Waals surface area contributed by atoms with Gasteiger partial charge in [-0.3, -0.25) is 9.59 Å². The topological polar surface area (TPSA) is 49.4 Å². The normalized spacial score (nSPS) is 17.0. The van der Waals surface area contributed by atoms with Gasteiger partial charge in [0, 0.05) is 24.3 Å². The van der Waals surface area contributed by atoms with Crippen LogP contribution in [-0.4, -0.2) is 18.4 Å². The van der Waals surface area contributed by atoms with Crippen LogP contribution in [0.25, 0.3) is 0 Å². The van der Waals surface area contributed by atoms with E-state index in [9.17, 15) is 9.59 Å². The molecule has 1 fully saturated rings. The van der Waals surface area contributed by atoms with Crippen molar-refractivity contribution < 1.29 is 9.59 Å². The molecule has 2 amide bonds. The number of nitrogens with zero attached hydrogens (tertiary/aromatic N) is 1. The number of carbonyl (C=O) groups excluding carboxylic acids is 2. The van der Waals surface area contributed by atoms with Crippen LogP contribution in [0, 0.1) is 19.8 Å². The average molecular weight is 350 g/mol. The summed E-state index contributed by atoms with van der Waals surface area (Å²) in [6.07, 6.45) is 0.253. The van der Waals surface area contributed by atoms with Crippen molar-refractivity contribution >= 4 is 23.2 Å². The first-order valence-corrected chi connectivity index (χ1v) is 9.14. The smallest absolute Gasteiger partial charge is 0.229 e. The molecule has 1 aliphatic heterocycles. The van der Waals surface area contributed by atoms with Gasteiger partial charge in [0.2, 0.25) is 11.8 Å². The molecule has 1 aliphatic rings. The number of hydrogen-bond acceptors (Lipinski definition) is 2. The maximum absolute atomic E-state index is 12.7. The Labute approximate surface area is 155 Å². The third-order valence-electron chi connectivity index (χ3n) is 5.07. The van der Waals surface area contributed by atoms with Gasteiger partial charge in [-0.1, -0.05) is 44.2 Å². The second-order valence-corrected chi connectivity index (χ2v) is 7.41. The molecule has 0 aliphatic carbocycles. The largest absolute Gasteiger partial charge is 0.325 e. The third-order valence-corrected chi connectivity index (χ3v) is 5.07. The lowest BCUT2D eigenvalue weighted by Crippen LogP contribution is -2.28. The Morgan fingerprint density at radius 3 is 2.42 bits per heavy atom. The highest BCUT2D eigenvalue weighted by atomic mass is 16.2. The molecule has 3 rings (SSSR count). The highest BCUT2D eigenvalue weighted by Gasteiger charge is 2.35. The second kappa shape index (κ2) is 7.32. The lowest BCUT2D eigenvalue weighted by Gasteiger charge is -2.19. The summed E-state index contributed by atoms with van der Waals surface area (Å²) in [5, 5.41) is 3.02. The SMILES string of the molecule is Cc1cccc(C)c1NC(=O)C1CC(=O)N(c2cccc(C(C)C)c2)C1. The van der Waals surface area contributed by atoms with Crippen molar-refractivity contribution in [1.29, 1.82) is 0 Å². The Kier molecular flexibility index (Phi) is 5.12. The van der Waals surface area contributed by atoms with Gasteiger partial charge in [-0.05, 0) is 48.6 Å². The molecule has 2 aromatic rings. The summed E-state index contributed by atoms with van der Waals surface area (Å²) >= 11 is 0. The molecule has 0 saturated carbocycles. The molecule has 0 radical (unpaired) electrons. The number of aryl methyl sites for hydroxylation is 2. The fourth-order valence-electron chi connectivity index (χ4n) is 3.42. The first kappa shape index (κ1) is 18.2. The third kappa shape index (κ3) is 3.64. The lowest BCUT2D eigenvalue weighted by atomic mass is 10.0. The highest BCUT2D eigenvalue weighted by molar-refractivity contribution is 6.04. The van der Waals surface area contributed by atoms with Crippen LogP contribution < -0.4 is 10.2 Å². The molecule has 1 heterocycles. The Balaban J connectivity index is 1.75. The van der Waals surface area contributed by atoms with Crippen LogP contribution in [-0.2, 0) is 9.59 Å². The molecule has 1 N–H and O–H groups in total. The molecule has 1 saturated heterocycles. The van der Waals surface area contributed by atoms with E-state index in [2.05, 4.69) is 25.2 Å². The minimum Gasteiger partial charge on any atom is -0.325 e. The Hall–Kier alpha value is -2.62. The van der Waals surface area contributed by atoms with Crippen LogP contribution in [0.3, 0.4) is 0 Å². The molecule has 136 valence electrons. The maximum atomic E-state index is 12.7. The van der Waals surface area contributed by atoms with Crippen LogP contribution in [0.15, 0.2) is 42.5 Å². The van der Waals surface area contributed by atoms with E-state index in [1.54, 1.807) is 4.90 Å². The standard InChI is InChI=1S/C22H26N2O2/c1-14(2)17-9-6-10-19(11-17)24-13-18(12-20(24)25)22(26)23-21-15(3)7-5-8-16(21)4/h5-11,14,18H,12-13H2,1-4H3,(H,23,26). The molecular formula is C22H26N2O2. The van der Waals surface area contributed by atoms with Gasteiger partial charge in [-0.2, -0.15) is 0 Å². The minimum atomic E-state index is -0.329. The zero-order valence-corrected chi connectivity index (χ0v) is 15.9. The summed E-state index contributed by atoms with van der Waals surface area (Å²) in [6.45, 7) is 8.65. The van der Waals surface area contributed by atoms with Gasteiger partial charge >= 0.3 is 0 Å². The van der Waals surface area contributed by atoms with Crippen molar-refractivity contribution in [1.82, 2.24) is 0 Å². The number of hydrogen-bond donors (Lipinski definition) is 1. The lowest BCUT2D eigenvalue weighted by molar-refractivity contribution is -0.122. The number of benzene rings is 2. The van der Waals surface area contributed by atoms with Crippen LogP contribution in [0.4, 0.5) is 11.4 Å². The van der Waals surface area contributed by atoms with E-state index in [0.717, 1.165) is 22.5 Å². The summed E-state index contributed by atoms with van der Waals surface area (Å²) in [5.41, 5.74) is 4.99. The van der Waals surface area contributed by atoms with E-state index in [4.69, 9.17) is 0 Å². The fourth-order valence-corrected chi connectivity index (χ4v) is 3.42. The first-order valence-electron chi connectivity index (χ1n) is 9.14. The van der Waals surface area contributed by atoms with Gasteiger partial charge in [-0.25, -0.2) is 0 Å². The van der Waals surface area contributed by atoms with E-state index in [1.807, 2.05) is 50.2 Å².